The number of aryl methyl sites for hydroxylation is 1. The molecule has 167 valence electrons. The van der Waals surface area contributed by atoms with Crippen molar-refractivity contribution < 1.29 is 31.1 Å². The van der Waals surface area contributed by atoms with E-state index in [0.717, 1.165) is 12.1 Å². The van der Waals surface area contributed by atoms with Gasteiger partial charge in [-0.1, -0.05) is 71.0 Å². The van der Waals surface area contributed by atoms with Crippen LogP contribution in [0.3, 0.4) is 0 Å². The van der Waals surface area contributed by atoms with E-state index in [1.807, 2.05) is 12.3 Å². The second-order valence-corrected chi connectivity index (χ2v) is 8.29. The Bertz CT molecular complexity index is 1850. The van der Waals surface area contributed by atoms with Crippen molar-refractivity contribution >= 4 is 38.6 Å². The summed E-state index contributed by atoms with van der Waals surface area (Å²) in [5.41, 5.74) is 4.14. The minimum Gasteiger partial charge on any atom is -0.321 e. The average Bonchev–Trinajstić information content (AvgIpc) is 3.37. The molecule has 4 heteroatoms. The number of nitrogens with zero attached hydrogens (tertiary/aromatic N) is 2. The van der Waals surface area contributed by atoms with Gasteiger partial charge < -0.3 is 9.97 Å². The van der Waals surface area contributed by atoms with Crippen LogP contribution in [0, 0.1) is 19.8 Å². The van der Waals surface area contributed by atoms with Gasteiger partial charge in [-0.05, 0) is 41.3 Å². The van der Waals surface area contributed by atoms with Gasteiger partial charge in [0.15, 0.2) is 0 Å². The number of benzene rings is 1. The molecule has 0 saturated carbocycles. The third kappa shape index (κ3) is 5.20. The van der Waals surface area contributed by atoms with Gasteiger partial charge in [0.25, 0.3) is 0 Å². The molecule has 0 N–H and O–H groups in total. The molecule has 1 aromatic carbocycles. The number of pyridine rings is 2. The maximum absolute atomic E-state index is 8.23. The third-order valence-electron chi connectivity index (χ3n) is 5.07. The zero-order valence-corrected chi connectivity index (χ0v) is 21.0. The molecule has 2 nitrogen and oxygen atoms in total. The summed E-state index contributed by atoms with van der Waals surface area (Å²) in [6.07, 6.45) is 15.2. The van der Waals surface area contributed by atoms with Crippen LogP contribution in [-0.4, -0.2) is 9.97 Å². The quantitative estimate of drug-likeness (QED) is 0.261. The molecule has 0 fully saturated rings. The summed E-state index contributed by atoms with van der Waals surface area (Å²) in [5, 5.41) is 1.10. The Morgan fingerprint density at radius 1 is 0.970 bits per heavy atom. The number of hydrogen-bond acceptors (Lipinski definition) is 3. The normalized spacial score (nSPS) is 17.2. The van der Waals surface area contributed by atoms with E-state index < -0.39 is 6.04 Å². The number of rotatable bonds is 2. The van der Waals surface area contributed by atoms with Crippen LogP contribution in [0.4, 0.5) is 0 Å². The third-order valence-corrected chi connectivity index (χ3v) is 6.23. The fraction of sp³-hybridized carbons (Fsp3) is 0.103. The van der Waals surface area contributed by atoms with E-state index >= 15 is 0 Å². The van der Waals surface area contributed by atoms with E-state index in [1.165, 1.54) is 22.5 Å². The first-order chi connectivity index (χ1) is 19.1. The molecular weight excluding hydrogens is 601 g/mol. The Kier molecular flexibility index (Phi) is 4.94. The molecule has 0 atom stereocenters. The summed E-state index contributed by atoms with van der Waals surface area (Å²) in [7, 11) is 0. The van der Waals surface area contributed by atoms with Crippen molar-refractivity contribution in [2.45, 2.75) is 19.8 Å². The van der Waals surface area contributed by atoms with Crippen LogP contribution < -0.4 is 9.75 Å². The fourth-order valence-electron chi connectivity index (χ4n) is 3.52. The van der Waals surface area contributed by atoms with Gasteiger partial charge in [0.05, 0.1) is 11.0 Å². The number of thiophene rings is 1. The second kappa shape index (κ2) is 10.8. The van der Waals surface area contributed by atoms with Gasteiger partial charge in [0.2, 0.25) is 0 Å². The van der Waals surface area contributed by atoms with Gasteiger partial charge >= 0.3 is 0 Å². The topological polar surface area (TPSA) is 25.8 Å². The van der Waals surface area contributed by atoms with Crippen molar-refractivity contribution in [1.82, 2.24) is 9.97 Å². The molecule has 0 bridgehead atoms. The Balaban J connectivity index is 0.000000233. The SMILES string of the molecule is Cc1ccc(C2=CC=CC[CH-]2)nc1.[2H]c1nc(C2=c3sc4c([2H])c([2H])c([2H])c([2H])c4c3=CC[CH-]2)c([2H])c([2H])c1[2H].[Ir]. The first kappa shape index (κ1) is 15.1. The predicted molar refractivity (Wildman–Crippen MR) is 136 cm³/mol. The predicted octanol–water partition coefficient (Wildman–Crippen LogP) is 5.82. The van der Waals surface area contributed by atoms with Gasteiger partial charge in [-0.2, -0.15) is 24.5 Å². The molecule has 6 rings (SSSR count). The van der Waals surface area contributed by atoms with E-state index in [1.54, 1.807) is 6.42 Å². The van der Waals surface area contributed by atoms with Crippen LogP contribution in [0.25, 0.3) is 27.3 Å². The monoisotopic (exact) mass is 633 g/mol. The molecule has 0 spiro atoms. The van der Waals surface area contributed by atoms with Crippen molar-refractivity contribution in [2.75, 3.05) is 0 Å². The first-order valence-corrected chi connectivity index (χ1v) is 11.1. The minimum atomic E-state index is -0.400. The Morgan fingerprint density at radius 3 is 2.67 bits per heavy atom. The zero-order valence-electron chi connectivity index (χ0n) is 25.7. The maximum Gasteiger partial charge on any atom is 0.0826 e. The van der Waals surface area contributed by atoms with E-state index in [9.17, 15) is 0 Å². The van der Waals surface area contributed by atoms with Crippen molar-refractivity contribution in [1.29, 1.82) is 0 Å². The molecule has 4 aromatic rings. The molecule has 0 saturated heterocycles. The number of aromatic nitrogens is 2. The second-order valence-electron chi connectivity index (χ2n) is 7.26. The van der Waals surface area contributed by atoms with Gasteiger partial charge in [-0.3, -0.25) is 0 Å². The van der Waals surface area contributed by atoms with Crippen LogP contribution in [0.15, 0.2) is 85.0 Å². The van der Waals surface area contributed by atoms with E-state index in [-0.39, 0.29) is 68.2 Å². The maximum atomic E-state index is 8.23. The van der Waals surface area contributed by atoms with Crippen molar-refractivity contribution in [3.05, 3.63) is 125 Å². The zero-order chi connectivity index (χ0) is 28.7. The average molecular weight is 633 g/mol. The molecule has 3 heterocycles. The summed E-state index contributed by atoms with van der Waals surface area (Å²) in [6, 6.07) is 2.34. The Hall–Kier alpha value is -2.91. The van der Waals surface area contributed by atoms with Crippen LogP contribution in [0.1, 0.15) is 40.8 Å². The van der Waals surface area contributed by atoms with Crippen molar-refractivity contribution in [2.24, 2.45) is 0 Å². The van der Waals surface area contributed by atoms with Crippen LogP contribution in [0.2, 0.25) is 0 Å². The summed E-state index contributed by atoms with van der Waals surface area (Å²) in [6.45, 7) is 2.05. The molecule has 2 aliphatic rings. The standard InChI is InChI=1S/C17H12NS.C12H12N.Ir/c1-2-10-16-12(6-1)13-7-5-8-14(17(13)19-16)15-9-3-4-11-18-15;1-10-7-8-12(13-9-10)11-5-3-2-4-6-11;/h1-4,6-11H,5H2;2-3,5-9H,4H2,1H3;/q2*-1;/i1D,2D,3D,4D,6D,9D,10D,11D;;. The number of fused-ring (bicyclic) bond motifs is 3. The van der Waals surface area contributed by atoms with Gasteiger partial charge in [-0.25, -0.2) is 11.3 Å². The van der Waals surface area contributed by atoms with Crippen LogP contribution in [-0.2, 0) is 20.1 Å². The summed E-state index contributed by atoms with van der Waals surface area (Å²) in [5.74, 6) is 0. The van der Waals surface area contributed by atoms with Crippen molar-refractivity contribution in [3.8, 4) is 0 Å². The largest absolute Gasteiger partial charge is 0.321 e. The molecule has 2 aliphatic carbocycles. The summed E-state index contributed by atoms with van der Waals surface area (Å²) >= 11 is 1.19. The Morgan fingerprint density at radius 2 is 1.85 bits per heavy atom. The van der Waals surface area contributed by atoms with E-state index in [4.69, 9.17) is 11.0 Å². The number of allylic oxidation sites excluding steroid dienone is 4. The molecule has 0 aliphatic heterocycles. The molecule has 0 unspecified atom stereocenters. The molecule has 3 aromatic heterocycles. The fourth-order valence-corrected chi connectivity index (χ4v) is 4.68. The molecular formula is C29H24IrN2S-2. The summed E-state index contributed by atoms with van der Waals surface area (Å²) in [4.78, 5) is 8.40. The van der Waals surface area contributed by atoms with E-state index in [0.29, 0.717) is 31.8 Å². The minimum absolute atomic E-state index is 0. The smallest absolute Gasteiger partial charge is 0.0826 e. The van der Waals surface area contributed by atoms with Gasteiger partial charge in [-0.15, -0.1) is 17.7 Å². The molecule has 0 amide bonds. The summed E-state index contributed by atoms with van der Waals surface area (Å²) < 4.78 is 64.8. The van der Waals surface area contributed by atoms with Gasteiger partial charge in [0, 0.05) is 37.2 Å². The first-order valence-electron chi connectivity index (χ1n) is 14.2. The Labute approximate surface area is 223 Å². The van der Waals surface area contributed by atoms with Crippen LogP contribution in [0.5, 0.6) is 0 Å². The molecule has 1 radical (unpaired) electrons. The number of hydrogen-bond donors (Lipinski definition) is 0. The van der Waals surface area contributed by atoms with E-state index in [2.05, 4.69) is 53.7 Å². The molecule has 33 heavy (non-hydrogen) atoms. The van der Waals surface area contributed by atoms with Gasteiger partial charge in [0.1, 0.15) is 0 Å². The van der Waals surface area contributed by atoms with Crippen molar-refractivity contribution in [3.63, 3.8) is 0 Å². The van der Waals surface area contributed by atoms with Crippen LogP contribution >= 0.6 is 11.3 Å².